The number of carbonyl (C=O) groups is 4. The number of hydrogen-bond acceptors (Lipinski definition) is 12. The van der Waals surface area contributed by atoms with Crippen molar-refractivity contribution in [1.82, 2.24) is 34.8 Å². The Morgan fingerprint density at radius 1 is 0.926 bits per heavy atom. The standard InChI is InChI=1S/C50H72N9O7PS/c1-35-27-36(2)59(54-35)44-29-40(41(30-49(63)64)33-55-21-17-38(32-55)13-15-42-16-14-39-9-8-20-52-50(39)53-42)28-43(31-44)56-23-25-57(26-24-56)47(61)12-7-10-46(60)51-19-6-4-5-11-48(62)58-22-18-45(34-58)66-67(68)37(3)65-67/h14,16,27-29,31,37-38,41,45H,4-13,15,17-26,30,32-34H2,1-3H3,(H,51,60)(H,52,53)(H,63,64)/t37?,38-,41+,45+,67?/m1/s1. The van der Waals surface area contributed by atoms with Crippen molar-refractivity contribution in [2.45, 2.75) is 129 Å². The minimum atomic E-state index is -2.09. The third-order valence-electron chi connectivity index (χ3n) is 14.4. The first kappa shape index (κ1) is 50.0. The van der Waals surface area contributed by atoms with Crippen molar-refractivity contribution in [1.29, 1.82) is 0 Å². The molecule has 0 saturated carbocycles. The highest BCUT2D eigenvalue weighted by atomic mass is 32.5. The van der Waals surface area contributed by atoms with E-state index in [2.05, 4.69) is 50.8 Å². The smallest absolute Gasteiger partial charge is 0.304 e. The summed E-state index contributed by atoms with van der Waals surface area (Å²) in [5, 5.41) is 21.4. The van der Waals surface area contributed by atoms with Crippen LogP contribution >= 0.6 is 6.49 Å². The zero-order valence-electron chi connectivity index (χ0n) is 40.3. The van der Waals surface area contributed by atoms with Crippen molar-refractivity contribution in [2.24, 2.45) is 5.92 Å². The minimum Gasteiger partial charge on any atom is -0.481 e. The van der Waals surface area contributed by atoms with E-state index in [1.165, 1.54) is 5.56 Å². The average molecular weight is 974 g/mol. The molecule has 5 atom stereocenters. The van der Waals surface area contributed by atoms with E-state index < -0.39 is 12.5 Å². The fourth-order valence-electron chi connectivity index (χ4n) is 10.4. The molecule has 0 radical (unpaired) electrons. The number of carboxylic acids is 1. The van der Waals surface area contributed by atoms with Crippen LogP contribution in [0.15, 0.2) is 36.4 Å². The number of carbonyl (C=O) groups excluding carboxylic acids is 3. The van der Waals surface area contributed by atoms with Gasteiger partial charge in [-0.2, -0.15) is 5.10 Å². The van der Waals surface area contributed by atoms with Gasteiger partial charge in [-0.3, -0.25) is 19.2 Å². The molecule has 0 aliphatic carbocycles. The van der Waals surface area contributed by atoms with Crippen LogP contribution in [0.4, 0.5) is 11.5 Å². The van der Waals surface area contributed by atoms with Crippen LogP contribution in [0.3, 0.4) is 0 Å². The van der Waals surface area contributed by atoms with Crippen LogP contribution in [0.1, 0.15) is 118 Å². The number of unbranched alkanes of at least 4 members (excludes halogenated alkanes) is 2. The second-order valence-electron chi connectivity index (χ2n) is 19.7. The topological polar surface area (TPSA) is 178 Å². The summed E-state index contributed by atoms with van der Waals surface area (Å²) in [6.07, 6.45) is 10.1. The number of anilines is 2. The molecular formula is C50H72N9O7PS. The third kappa shape index (κ3) is 13.5. The summed E-state index contributed by atoms with van der Waals surface area (Å²) in [6.45, 7) is 11.6. The number of aromatic nitrogens is 3. The van der Waals surface area contributed by atoms with Gasteiger partial charge in [0.15, 0.2) is 0 Å². The molecule has 4 fully saturated rings. The first-order chi connectivity index (χ1) is 32.8. The molecular weight excluding hydrogens is 902 g/mol. The monoisotopic (exact) mass is 974 g/mol. The second-order valence-corrected chi connectivity index (χ2v) is 23.4. The number of benzene rings is 1. The normalized spacial score (nSPS) is 23.0. The summed E-state index contributed by atoms with van der Waals surface area (Å²) in [7, 11) is 0. The third-order valence-corrected chi connectivity index (χ3v) is 17.8. The number of pyridine rings is 1. The van der Waals surface area contributed by atoms with Gasteiger partial charge in [-0.1, -0.05) is 12.5 Å². The van der Waals surface area contributed by atoms with Gasteiger partial charge in [0, 0.05) is 108 Å². The van der Waals surface area contributed by atoms with Crippen LogP contribution in [-0.4, -0.2) is 142 Å². The lowest BCUT2D eigenvalue weighted by Crippen LogP contribution is -2.48. The van der Waals surface area contributed by atoms with Crippen LogP contribution in [-0.2, 0) is 52.9 Å². The molecule has 8 rings (SSSR count). The van der Waals surface area contributed by atoms with E-state index in [4.69, 9.17) is 30.9 Å². The quantitative estimate of drug-likeness (QED) is 0.0562. The van der Waals surface area contributed by atoms with Crippen molar-refractivity contribution in [3.8, 4) is 5.69 Å². The molecule has 0 spiro atoms. The van der Waals surface area contributed by atoms with Crippen molar-refractivity contribution in [3.63, 3.8) is 0 Å². The van der Waals surface area contributed by atoms with Crippen molar-refractivity contribution in [3.05, 3.63) is 64.6 Å². The first-order valence-corrected chi connectivity index (χ1v) is 27.9. The predicted octanol–water partition coefficient (Wildman–Crippen LogP) is 6.55. The largest absolute Gasteiger partial charge is 0.481 e. The number of fused-ring (bicyclic) bond motifs is 1. The summed E-state index contributed by atoms with van der Waals surface area (Å²) in [5.41, 5.74) is 7.25. The molecule has 5 aliphatic rings. The second kappa shape index (κ2) is 23.0. The zero-order valence-corrected chi connectivity index (χ0v) is 42.0. The van der Waals surface area contributed by atoms with Gasteiger partial charge in [-0.15, -0.1) is 0 Å². The summed E-state index contributed by atoms with van der Waals surface area (Å²) < 4.78 is 13.4. The maximum Gasteiger partial charge on any atom is 0.304 e. The molecule has 7 heterocycles. The Hall–Kier alpha value is -4.41. The highest BCUT2D eigenvalue weighted by Crippen LogP contribution is 2.71. The maximum atomic E-state index is 13.3. The number of rotatable bonds is 22. The molecule has 3 amide bonds. The number of likely N-dealkylation sites (tertiary alicyclic amines) is 2. The predicted molar refractivity (Wildman–Crippen MR) is 267 cm³/mol. The molecule has 1 aromatic carbocycles. The lowest BCUT2D eigenvalue weighted by Gasteiger charge is -2.37. The van der Waals surface area contributed by atoms with E-state index in [0.29, 0.717) is 84.0 Å². The van der Waals surface area contributed by atoms with Gasteiger partial charge in [0.05, 0.1) is 23.9 Å². The summed E-state index contributed by atoms with van der Waals surface area (Å²) in [5.74, 6) is 0.715. The van der Waals surface area contributed by atoms with Crippen LogP contribution in [0.25, 0.3) is 5.69 Å². The highest BCUT2D eigenvalue weighted by molar-refractivity contribution is 8.12. The minimum absolute atomic E-state index is 0.0265. The molecule has 68 heavy (non-hydrogen) atoms. The lowest BCUT2D eigenvalue weighted by atomic mass is 9.93. The number of nitrogens with one attached hydrogen (secondary N) is 2. The molecule has 3 N–H and O–H groups in total. The molecule has 3 aromatic rings. The number of hydrogen-bond donors (Lipinski definition) is 3. The van der Waals surface area contributed by atoms with E-state index >= 15 is 0 Å². The van der Waals surface area contributed by atoms with Gasteiger partial charge in [-0.25, -0.2) is 9.67 Å². The van der Waals surface area contributed by atoms with Gasteiger partial charge in [-0.05, 0) is 144 Å². The summed E-state index contributed by atoms with van der Waals surface area (Å²) >= 11 is 5.43. The van der Waals surface area contributed by atoms with E-state index in [1.807, 2.05) is 41.3 Å². The van der Waals surface area contributed by atoms with E-state index in [9.17, 15) is 24.3 Å². The number of nitrogens with zero attached hydrogens (tertiary/aromatic N) is 7. The number of aryl methyl sites for hydroxylation is 4. The maximum absolute atomic E-state index is 13.3. The SMILES string of the molecule is Cc1cc(C)n(-c2cc([C@@H](CC(=O)O)CN3CC[C@@H](CCc4ccc5c(n4)NCCC5)C3)cc(N3CCN(C(=O)CCCC(=O)NCCCCCC(=O)N4CC[C@H](OP5(=S)OC5C)C4)CC3)c2)n1. The number of amides is 3. The Bertz CT molecular complexity index is 2320. The Labute approximate surface area is 407 Å². The Morgan fingerprint density at radius 3 is 2.47 bits per heavy atom. The highest BCUT2D eigenvalue weighted by Gasteiger charge is 2.48. The lowest BCUT2D eigenvalue weighted by molar-refractivity contribution is -0.137. The molecule has 16 nitrogen and oxygen atoms in total. The Morgan fingerprint density at radius 2 is 1.71 bits per heavy atom. The van der Waals surface area contributed by atoms with Crippen molar-refractivity contribution in [2.75, 3.05) is 82.2 Å². The van der Waals surface area contributed by atoms with Crippen molar-refractivity contribution >= 4 is 53.5 Å². The zero-order chi connectivity index (χ0) is 47.8. The molecule has 18 heteroatoms. The molecule has 5 aliphatic heterocycles. The van der Waals surface area contributed by atoms with Crippen LogP contribution in [0.2, 0.25) is 0 Å². The molecule has 4 saturated heterocycles. The van der Waals surface area contributed by atoms with Gasteiger partial charge in [0.2, 0.25) is 24.2 Å². The van der Waals surface area contributed by atoms with E-state index in [-0.39, 0.29) is 42.0 Å². The van der Waals surface area contributed by atoms with Gasteiger partial charge >= 0.3 is 5.97 Å². The molecule has 2 aromatic heterocycles. The van der Waals surface area contributed by atoms with Gasteiger partial charge < -0.3 is 44.4 Å². The first-order valence-electron chi connectivity index (χ1n) is 25.2. The Kier molecular flexibility index (Phi) is 16.9. The molecule has 370 valence electrons. The molecule has 0 bridgehead atoms. The van der Waals surface area contributed by atoms with Gasteiger partial charge in [0.25, 0.3) is 0 Å². The molecule has 2 unspecified atom stereocenters. The summed E-state index contributed by atoms with van der Waals surface area (Å²) in [4.78, 5) is 64.5. The van der Waals surface area contributed by atoms with Crippen LogP contribution in [0.5, 0.6) is 0 Å². The van der Waals surface area contributed by atoms with E-state index in [1.54, 1.807) is 0 Å². The fourth-order valence-corrected chi connectivity index (χ4v) is 12.8. The average Bonchev–Trinajstić information content (AvgIpc) is 3.78. The number of piperazine rings is 1. The van der Waals surface area contributed by atoms with Crippen LogP contribution in [0, 0.1) is 19.8 Å². The van der Waals surface area contributed by atoms with Gasteiger partial charge in [0.1, 0.15) is 11.7 Å². The van der Waals surface area contributed by atoms with Crippen molar-refractivity contribution < 1.29 is 33.3 Å². The van der Waals surface area contributed by atoms with Crippen LogP contribution < -0.4 is 15.5 Å². The Balaban J connectivity index is 0.776. The number of aliphatic carboxylic acids is 1. The van der Waals surface area contributed by atoms with E-state index in [0.717, 1.165) is 117 Å². The fraction of sp³-hybridized carbons (Fsp3) is 0.640. The summed E-state index contributed by atoms with van der Waals surface area (Å²) in [6, 6.07) is 12.9. The number of carboxylic acid groups (broad SMARTS) is 1.